The van der Waals surface area contributed by atoms with Crippen molar-refractivity contribution in [2.45, 2.75) is 50.1 Å². The molecule has 0 spiro atoms. The number of hydrogen-bond donors (Lipinski definition) is 2. The highest BCUT2D eigenvalue weighted by Crippen LogP contribution is 2.28. The number of piperidine rings is 1. The SMILES string of the molecule is CN=C(NCCCCN1CCCC1)NC1CCN(S(=O)(=O)C(F)(F)F)CC1. The van der Waals surface area contributed by atoms with Crippen LogP contribution in [0.25, 0.3) is 0 Å². The van der Waals surface area contributed by atoms with Crippen LogP contribution >= 0.6 is 0 Å². The molecule has 2 saturated heterocycles. The van der Waals surface area contributed by atoms with E-state index in [1.165, 1.54) is 25.9 Å². The van der Waals surface area contributed by atoms with E-state index in [0.717, 1.165) is 25.9 Å². The topological polar surface area (TPSA) is 77.0 Å². The van der Waals surface area contributed by atoms with Gasteiger partial charge in [0, 0.05) is 32.7 Å². The van der Waals surface area contributed by atoms with Crippen molar-refractivity contribution in [3.8, 4) is 0 Å². The fourth-order valence-electron chi connectivity index (χ4n) is 3.45. The van der Waals surface area contributed by atoms with E-state index in [0.29, 0.717) is 23.1 Å². The van der Waals surface area contributed by atoms with Gasteiger partial charge in [-0.3, -0.25) is 4.99 Å². The molecule has 27 heavy (non-hydrogen) atoms. The number of unbranched alkanes of at least 4 members (excludes halogenated alkanes) is 1. The second-order valence-electron chi connectivity index (χ2n) is 7.02. The summed E-state index contributed by atoms with van der Waals surface area (Å²) in [5, 5.41) is 6.39. The minimum absolute atomic E-state index is 0.0968. The molecule has 2 N–H and O–H groups in total. The molecule has 0 unspecified atom stereocenters. The van der Waals surface area contributed by atoms with Gasteiger partial charge < -0.3 is 15.5 Å². The Hall–Kier alpha value is -1.07. The summed E-state index contributed by atoms with van der Waals surface area (Å²) in [4.78, 5) is 6.60. The number of halogens is 3. The van der Waals surface area contributed by atoms with Crippen LogP contribution in [0.3, 0.4) is 0 Å². The minimum Gasteiger partial charge on any atom is -0.356 e. The van der Waals surface area contributed by atoms with Crippen molar-refractivity contribution in [2.75, 3.05) is 46.3 Å². The van der Waals surface area contributed by atoms with Gasteiger partial charge in [0.25, 0.3) is 0 Å². The number of nitrogens with zero attached hydrogens (tertiary/aromatic N) is 3. The zero-order valence-corrected chi connectivity index (χ0v) is 16.6. The lowest BCUT2D eigenvalue weighted by Gasteiger charge is -2.32. The smallest absolute Gasteiger partial charge is 0.356 e. The highest BCUT2D eigenvalue weighted by atomic mass is 32.2. The van der Waals surface area contributed by atoms with Crippen LogP contribution in [0.15, 0.2) is 4.99 Å². The first-order valence-electron chi connectivity index (χ1n) is 9.50. The van der Waals surface area contributed by atoms with Crippen molar-refractivity contribution in [3.63, 3.8) is 0 Å². The van der Waals surface area contributed by atoms with E-state index in [1.807, 2.05) is 0 Å². The van der Waals surface area contributed by atoms with Crippen molar-refractivity contribution in [2.24, 2.45) is 4.99 Å². The summed E-state index contributed by atoms with van der Waals surface area (Å²) in [5.41, 5.74) is -5.24. The first kappa shape index (κ1) is 22.2. The lowest BCUT2D eigenvalue weighted by Crippen LogP contribution is -2.51. The molecule has 0 saturated carbocycles. The second-order valence-corrected chi connectivity index (χ2v) is 8.95. The van der Waals surface area contributed by atoms with Crippen LogP contribution in [0.5, 0.6) is 0 Å². The van der Waals surface area contributed by atoms with E-state index in [9.17, 15) is 21.6 Å². The molecule has 0 aromatic carbocycles. The fraction of sp³-hybridized carbons (Fsp3) is 0.938. The lowest BCUT2D eigenvalue weighted by atomic mass is 10.1. The molecule has 2 heterocycles. The second kappa shape index (κ2) is 9.92. The molecule has 2 aliphatic rings. The Bertz CT molecular complexity index is 583. The van der Waals surface area contributed by atoms with Crippen LogP contribution < -0.4 is 10.6 Å². The zero-order valence-electron chi connectivity index (χ0n) is 15.8. The van der Waals surface area contributed by atoms with Gasteiger partial charge >= 0.3 is 15.5 Å². The zero-order chi connectivity index (χ0) is 19.9. The largest absolute Gasteiger partial charge is 0.511 e. The monoisotopic (exact) mass is 413 g/mol. The van der Waals surface area contributed by atoms with E-state index in [2.05, 4.69) is 20.5 Å². The number of alkyl halides is 3. The Balaban J connectivity index is 1.65. The van der Waals surface area contributed by atoms with Gasteiger partial charge in [-0.05, 0) is 58.2 Å². The molecule has 0 aromatic rings. The third kappa shape index (κ3) is 6.49. The average Bonchev–Trinajstić information content (AvgIpc) is 3.13. The summed E-state index contributed by atoms with van der Waals surface area (Å²) >= 11 is 0. The molecule has 2 aliphatic heterocycles. The molecule has 0 aromatic heterocycles. The summed E-state index contributed by atoms with van der Waals surface area (Å²) in [6, 6.07) is -0.0968. The van der Waals surface area contributed by atoms with Crippen LogP contribution in [0, 0.1) is 0 Å². The Morgan fingerprint density at radius 3 is 2.30 bits per heavy atom. The number of rotatable bonds is 7. The predicted octanol–water partition coefficient (Wildman–Crippen LogP) is 1.34. The van der Waals surface area contributed by atoms with Crippen LogP contribution in [0.2, 0.25) is 0 Å². The summed E-state index contributed by atoms with van der Waals surface area (Å²) < 4.78 is 61.2. The van der Waals surface area contributed by atoms with Gasteiger partial charge in [0.15, 0.2) is 5.96 Å². The van der Waals surface area contributed by atoms with Gasteiger partial charge in [0.05, 0.1) is 0 Å². The molecule has 0 amide bonds. The summed E-state index contributed by atoms with van der Waals surface area (Å²) in [6.45, 7) is 3.98. The Labute approximate surface area is 159 Å². The Morgan fingerprint density at radius 1 is 1.11 bits per heavy atom. The van der Waals surface area contributed by atoms with Crippen LogP contribution in [-0.4, -0.2) is 81.4 Å². The van der Waals surface area contributed by atoms with Crippen molar-refractivity contribution in [1.29, 1.82) is 0 Å². The Morgan fingerprint density at radius 2 is 1.74 bits per heavy atom. The van der Waals surface area contributed by atoms with Gasteiger partial charge in [-0.25, -0.2) is 8.42 Å². The molecule has 7 nitrogen and oxygen atoms in total. The standard InChI is InChI=1S/C16H30F3N5O2S/c1-20-15(21-8-2-3-9-23-10-4-5-11-23)22-14-6-12-24(13-7-14)27(25,26)16(17,18)19/h14H,2-13H2,1H3,(H2,20,21,22). The Kier molecular flexibility index (Phi) is 8.17. The van der Waals surface area contributed by atoms with Crippen LogP contribution in [0.1, 0.15) is 38.5 Å². The van der Waals surface area contributed by atoms with Crippen molar-refractivity contribution < 1.29 is 21.6 Å². The molecule has 11 heteroatoms. The van der Waals surface area contributed by atoms with Gasteiger partial charge in [0.2, 0.25) is 0 Å². The molecular formula is C16H30F3N5O2S. The van der Waals surface area contributed by atoms with Crippen molar-refractivity contribution in [3.05, 3.63) is 0 Å². The molecule has 158 valence electrons. The molecule has 0 atom stereocenters. The third-order valence-electron chi connectivity index (χ3n) is 5.04. The van der Waals surface area contributed by atoms with Crippen molar-refractivity contribution in [1.82, 2.24) is 19.8 Å². The van der Waals surface area contributed by atoms with E-state index in [4.69, 9.17) is 0 Å². The lowest BCUT2D eigenvalue weighted by molar-refractivity contribution is -0.0494. The van der Waals surface area contributed by atoms with Gasteiger partial charge in [-0.1, -0.05) is 0 Å². The molecular weight excluding hydrogens is 383 g/mol. The van der Waals surface area contributed by atoms with E-state index < -0.39 is 15.5 Å². The number of nitrogens with one attached hydrogen (secondary N) is 2. The van der Waals surface area contributed by atoms with E-state index >= 15 is 0 Å². The molecule has 0 bridgehead atoms. The minimum atomic E-state index is -5.24. The first-order chi connectivity index (χ1) is 12.7. The maximum atomic E-state index is 12.6. The summed E-state index contributed by atoms with van der Waals surface area (Å²) in [5.74, 6) is 0.605. The van der Waals surface area contributed by atoms with Gasteiger partial charge in [-0.15, -0.1) is 0 Å². The van der Waals surface area contributed by atoms with E-state index in [-0.39, 0.29) is 19.1 Å². The third-order valence-corrected chi connectivity index (χ3v) is 6.67. The maximum Gasteiger partial charge on any atom is 0.511 e. The average molecular weight is 414 g/mol. The summed E-state index contributed by atoms with van der Waals surface area (Å²) in [6.07, 6.45) is 5.32. The van der Waals surface area contributed by atoms with Crippen LogP contribution in [-0.2, 0) is 10.0 Å². The number of likely N-dealkylation sites (tertiary alicyclic amines) is 1. The molecule has 2 rings (SSSR count). The highest BCUT2D eigenvalue weighted by Gasteiger charge is 2.50. The number of sulfonamides is 1. The number of hydrogen-bond acceptors (Lipinski definition) is 4. The number of guanidine groups is 1. The normalized spacial score (nSPS) is 21.6. The molecule has 0 radical (unpaired) electrons. The fourth-order valence-corrected chi connectivity index (χ4v) is 4.43. The first-order valence-corrected chi connectivity index (χ1v) is 10.9. The highest BCUT2D eigenvalue weighted by molar-refractivity contribution is 7.90. The van der Waals surface area contributed by atoms with Gasteiger partial charge in [0.1, 0.15) is 0 Å². The van der Waals surface area contributed by atoms with Gasteiger partial charge in [-0.2, -0.15) is 17.5 Å². The quantitative estimate of drug-likeness (QED) is 0.374. The van der Waals surface area contributed by atoms with Crippen LogP contribution in [0.4, 0.5) is 13.2 Å². The van der Waals surface area contributed by atoms with Crippen molar-refractivity contribution >= 4 is 16.0 Å². The maximum absolute atomic E-state index is 12.6. The molecule has 0 aliphatic carbocycles. The molecule has 2 fully saturated rings. The summed E-state index contributed by atoms with van der Waals surface area (Å²) in [7, 11) is -3.59. The van der Waals surface area contributed by atoms with E-state index in [1.54, 1.807) is 7.05 Å². The number of aliphatic imine (C=N–C) groups is 1. The predicted molar refractivity (Wildman–Crippen MR) is 99.0 cm³/mol.